The van der Waals surface area contributed by atoms with Crippen molar-refractivity contribution in [1.82, 2.24) is 5.43 Å². The van der Waals surface area contributed by atoms with Crippen LogP contribution in [0.1, 0.15) is 24.5 Å². The Hall–Kier alpha value is -0.230. The van der Waals surface area contributed by atoms with Gasteiger partial charge in [-0.2, -0.15) is 23.5 Å². The van der Waals surface area contributed by atoms with E-state index in [2.05, 4.69) is 12.3 Å². The highest BCUT2D eigenvalue weighted by atomic mass is 32.2. The second-order valence-electron chi connectivity index (χ2n) is 5.20. The molecule has 3 unspecified atom stereocenters. The van der Waals surface area contributed by atoms with Crippen LogP contribution in [-0.2, 0) is 6.42 Å². The number of nitrogens with one attached hydrogen (secondary N) is 1. The molecule has 1 aliphatic heterocycles. The van der Waals surface area contributed by atoms with E-state index in [4.69, 9.17) is 5.84 Å². The average molecular weight is 314 g/mol. The number of hydrazine groups is 1. The fourth-order valence-corrected chi connectivity index (χ4v) is 5.92. The van der Waals surface area contributed by atoms with Crippen LogP contribution >= 0.6 is 23.5 Å². The minimum Gasteiger partial charge on any atom is -0.271 e. The van der Waals surface area contributed by atoms with Gasteiger partial charge in [-0.25, -0.2) is 4.39 Å². The summed E-state index contributed by atoms with van der Waals surface area (Å²) in [7, 11) is 0. The molecule has 20 heavy (non-hydrogen) atoms. The molecular formula is C15H23FN2S2. The average Bonchev–Trinajstić information content (AvgIpc) is 2.48. The molecule has 0 saturated carbocycles. The molecule has 0 radical (unpaired) electrons. The summed E-state index contributed by atoms with van der Waals surface area (Å²) in [6.45, 7) is 4.26. The molecule has 1 fully saturated rings. The van der Waals surface area contributed by atoms with Gasteiger partial charge in [0, 0.05) is 28.0 Å². The van der Waals surface area contributed by atoms with E-state index in [1.165, 1.54) is 17.6 Å². The lowest BCUT2D eigenvalue weighted by molar-refractivity contribution is 0.488. The van der Waals surface area contributed by atoms with Crippen LogP contribution in [0, 0.1) is 12.7 Å². The minimum atomic E-state index is -0.168. The van der Waals surface area contributed by atoms with Gasteiger partial charge in [0.25, 0.3) is 0 Å². The van der Waals surface area contributed by atoms with Crippen LogP contribution in [0.25, 0.3) is 0 Å². The van der Waals surface area contributed by atoms with E-state index in [0.29, 0.717) is 10.5 Å². The number of nitrogens with two attached hydrogens (primary N) is 1. The fourth-order valence-electron chi connectivity index (χ4n) is 2.68. The van der Waals surface area contributed by atoms with Crippen molar-refractivity contribution in [2.24, 2.45) is 5.84 Å². The van der Waals surface area contributed by atoms with Gasteiger partial charge < -0.3 is 0 Å². The van der Waals surface area contributed by atoms with Crippen molar-refractivity contribution in [2.45, 2.75) is 43.2 Å². The van der Waals surface area contributed by atoms with Crippen molar-refractivity contribution in [3.8, 4) is 0 Å². The second kappa shape index (κ2) is 7.69. The number of aryl methyl sites for hydroxylation is 1. The van der Waals surface area contributed by atoms with Crippen LogP contribution in [0.4, 0.5) is 4.39 Å². The van der Waals surface area contributed by atoms with Crippen molar-refractivity contribution in [1.29, 1.82) is 0 Å². The SMILES string of the molecule is CCC1SCCSC1C(Cc1cc(F)ccc1C)NN. The summed E-state index contributed by atoms with van der Waals surface area (Å²) in [5.74, 6) is 8.01. The Kier molecular flexibility index (Phi) is 6.20. The normalized spacial score (nSPS) is 24.6. The Morgan fingerprint density at radius 2 is 2.15 bits per heavy atom. The first-order valence-electron chi connectivity index (χ1n) is 7.10. The molecule has 0 spiro atoms. The van der Waals surface area contributed by atoms with E-state index in [0.717, 1.165) is 24.0 Å². The van der Waals surface area contributed by atoms with Crippen molar-refractivity contribution < 1.29 is 4.39 Å². The van der Waals surface area contributed by atoms with Crippen molar-refractivity contribution >= 4 is 23.5 Å². The summed E-state index contributed by atoms with van der Waals surface area (Å²) in [5.41, 5.74) is 5.16. The van der Waals surface area contributed by atoms with Crippen LogP contribution in [-0.4, -0.2) is 28.0 Å². The number of thioether (sulfide) groups is 2. The van der Waals surface area contributed by atoms with E-state index in [1.54, 1.807) is 6.07 Å². The van der Waals surface area contributed by atoms with Gasteiger partial charge in [0.15, 0.2) is 0 Å². The number of rotatable bonds is 5. The lowest BCUT2D eigenvalue weighted by atomic mass is 9.97. The molecule has 0 bridgehead atoms. The number of hydrogen-bond acceptors (Lipinski definition) is 4. The van der Waals surface area contributed by atoms with Gasteiger partial charge in [0.1, 0.15) is 5.82 Å². The standard InChI is InChI=1S/C15H23FN2S2/c1-3-14-15(20-7-6-19-14)13(18-17)9-11-8-12(16)5-4-10(11)2/h4-5,8,13-15,18H,3,6-7,9,17H2,1-2H3. The summed E-state index contributed by atoms with van der Waals surface area (Å²) in [6.07, 6.45) is 1.94. The molecule has 112 valence electrons. The van der Waals surface area contributed by atoms with Crippen molar-refractivity contribution in [2.75, 3.05) is 11.5 Å². The molecule has 0 aliphatic carbocycles. The van der Waals surface area contributed by atoms with Gasteiger partial charge in [-0.05, 0) is 43.0 Å². The largest absolute Gasteiger partial charge is 0.271 e. The molecule has 1 aromatic carbocycles. The van der Waals surface area contributed by atoms with E-state index in [1.807, 2.05) is 36.5 Å². The van der Waals surface area contributed by atoms with E-state index >= 15 is 0 Å². The zero-order chi connectivity index (χ0) is 14.5. The predicted molar refractivity (Wildman–Crippen MR) is 88.7 cm³/mol. The Labute approximate surface area is 129 Å². The van der Waals surface area contributed by atoms with Gasteiger partial charge in [0.05, 0.1) is 0 Å². The Balaban J connectivity index is 2.13. The molecule has 5 heteroatoms. The summed E-state index contributed by atoms with van der Waals surface area (Å²) < 4.78 is 13.4. The highest BCUT2D eigenvalue weighted by Crippen LogP contribution is 2.36. The van der Waals surface area contributed by atoms with Gasteiger partial charge in [-0.1, -0.05) is 13.0 Å². The molecule has 1 aliphatic rings. The van der Waals surface area contributed by atoms with E-state index in [9.17, 15) is 4.39 Å². The van der Waals surface area contributed by atoms with Gasteiger partial charge >= 0.3 is 0 Å². The van der Waals surface area contributed by atoms with E-state index < -0.39 is 0 Å². The topological polar surface area (TPSA) is 38.0 Å². The van der Waals surface area contributed by atoms with Crippen LogP contribution in [0.5, 0.6) is 0 Å². The maximum atomic E-state index is 13.4. The monoisotopic (exact) mass is 314 g/mol. The second-order valence-corrected chi connectivity index (χ2v) is 7.83. The molecular weight excluding hydrogens is 291 g/mol. The smallest absolute Gasteiger partial charge is 0.123 e. The molecule has 1 saturated heterocycles. The third kappa shape index (κ3) is 3.91. The summed E-state index contributed by atoms with van der Waals surface area (Å²) in [6, 6.07) is 5.20. The zero-order valence-electron chi connectivity index (χ0n) is 12.1. The highest BCUT2D eigenvalue weighted by Gasteiger charge is 2.31. The van der Waals surface area contributed by atoms with Gasteiger partial charge in [-0.3, -0.25) is 11.3 Å². The number of halogens is 1. The fraction of sp³-hybridized carbons (Fsp3) is 0.600. The Morgan fingerprint density at radius 1 is 1.40 bits per heavy atom. The Morgan fingerprint density at radius 3 is 2.85 bits per heavy atom. The third-order valence-corrected chi connectivity index (χ3v) is 7.26. The van der Waals surface area contributed by atoms with E-state index in [-0.39, 0.29) is 11.9 Å². The van der Waals surface area contributed by atoms with Gasteiger partial charge in [0.2, 0.25) is 0 Å². The Bertz CT molecular complexity index is 442. The van der Waals surface area contributed by atoms with Crippen LogP contribution in [0.3, 0.4) is 0 Å². The summed E-state index contributed by atoms with van der Waals surface area (Å²) >= 11 is 4.04. The third-order valence-electron chi connectivity index (χ3n) is 3.86. The minimum absolute atomic E-state index is 0.168. The van der Waals surface area contributed by atoms with Crippen LogP contribution in [0.2, 0.25) is 0 Å². The maximum absolute atomic E-state index is 13.4. The molecule has 1 aromatic rings. The first-order chi connectivity index (χ1) is 9.65. The molecule has 0 amide bonds. The predicted octanol–water partition coefficient (Wildman–Crippen LogP) is 3.14. The highest BCUT2D eigenvalue weighted by molar-refractivity contribution is 8.07. The maximum Gasteiger partial charge on any atom is 0.123 e. The van der Waals surface area contributed by atoms with Crippen LogP contribution in [0.15, 0.2) is 18.2 Å². The molecule has 0 aromatic heterocycles. The van der Waals surface area contributed by atoms with Crippen molar-refractivity contribution in [3.63, 3.8) is 0 Å². The molecule has 3 N–H and O–H groups in total. The quantitative estimate of drug-likeness (QED) is 0.647. The molecule has 3 atom stereocenters. The van der Waals surface area contributed by atoms with Crippen molar-refractivity contribution in [3.05, 3.63) is 35.1 Å². The summed E-state index contributed by atoms with van der Waals surface area (Å²) in [4.78, 5) is 0. The number of benzene rings is 1. The van der Waals surface area contributed by atoms with Crippen LogP contribution < -0.4 is 11.3 Å². The first-order valence-corrected chi connectivity index (χ1v) is 9.19. The zero-order valence-corrected chi connectivity index (χ0v) is 13.7. The first kappa shape index (κ1) is 16.1. The molecule has 1 heterocycles. The molecule has 2 rings (SSSR count). The lowest BCUT2D eigenvalue weighted by Crippen LogP contribution is -2.49. The number of hydrogen-bond donors (Lipinski definition) is 2. The van der Waals surface area contributed by atoms with Gasteiger partial charge in [-0.15, -0.1) is 0 Å². The summed E-state index contributed by atoms with van der Waals surface area (Å²) in [5, 5.41) is 1.12. The molecule has 2 nitrogen and oxygen atoms in total. The lowest BCUT2D eigenvalue weighted by Gasteiger charge is -2.35.